The van der Waals surface area contributed by atoms with Gasteiger partial charge in [-0.3, -0.25) is 0 Å². The lowest BCUT2D eigenvalue weighted by molar-refractivity contribution is 0.590. The van der Waals surface area contributed by atoms with Crippen LogP contribution < -0.4 is 16.2 Å². The fourth-order valence-corrected chi connectivity index (χ4v) is 12.4. The number of nitrogens with one attached hydrogen (secondary N) is 1. The molecule has 6 heteroatoms. The Morgan fingerprint density at radius 3 is 1.89 bits per heavy atom. The molecule has 0 fully saturated rings. The van der Waals surface area contributed by atoms with Gasteiger partial charge in [-0.1, -0.05) is 120 Å². The van der Waals surface area contributed by atoms with Crippen LogP contribution in [0.4, 0.5) is 11.4 Å². The highest BCUT2D eigenvalue weighted by Crippen LogP contribution is 2.49. The van der Waals surface area contributed by atoms with Crippen LogP contribution >= 0.6 is 22.7 Å². The summed E-state index contributed by atoms with van der Waals surface area (Å²) in [7, 11) is 2.46. The van der Waals surface area contributed by atoms with Crippen molar-refractivity contribution in [1.29, 1.82) is 0 Å². The van der Waals surface area contributed by atoms with E-state index in [4.69, 9.17) is 4.42 Å². The molecule has 1 aliphatic rings. The molecule has 1 N–H and O–H groups in total. The van der Waals surface area contributed by atoms with Crippen LogP contribution in [-0.4, -0.2) is 11.8 Å². The standard InChI is InChI=1S/C56H42BN2OS2/c1-55(2,3)30-19-22-32(23-20-30)58-41-26-36-33-13-8-11-17-45(33)61-47(36)28-38(41)51-52-53-49(50-35-15-7-10-16-44(35)60-54(50)51)39-25-31(56(4,5)6)21-24-42(39)59(53)43-27-37-34-14-9-12-18-46(34)62-48(37)29-40(43)57-52/h7-29,58H,1-6H3. The highest BCUT2D eigenvalue weighted by molar-refractivity contribution is 7.26. The molecule has 62 heavy (non-hydrogen) atoms. The van der Waals surface area contributed by atoms with E-state index in [1.54, 1.807) is 0 Å². The summed E-state index contributed by atoms with van der Waals surface area (Å²) < 4.78 is 15.0. The van der Waals surface area contributed by atoms with E-state index in [-0.39, 0.29) is 10.8 Å². The quantitative estimate of drug-likeness (QED) is 0.180. The van der Waals surface area contributed by atoms with E-state index in [1.165, 1.54) is 95.3 Å². The van der Waals surface area contributed by atoms with E-state index in [0.717, 1.165) is 39.1 Å². The molecule has 0 aliphatic carbocycles. The summed E-state index contributed by atoms with van der Waals surface area (Å²) in [5, 5.41) is 13.9. The molecule has 0 saturated carbocycles. The van der Waals surface area contributed by atoms with Crippen LogP contribution in [0.1, 0.15) is 52.7 Å². The number of hydrogen-bond donors (Lipinski definition) is 1. The molecule has 0 bridgehead atoms. The van der Waals surface area contributed by atoms with E-state index in [9.17, 15) is 0 Å². The summed E-state index contributed by atoms with van der Waals surface area (Å²) in [6.07, 6.45) is 0. The Hall–Kier alpha value is -6.34. The number of hydrogen-bond acceptors (Lipinski definition) is 4. The molecule has 0 atom stereocenters. The minimum atomic E-state index is -0.0275. The number of anilines is 2. The normalized spacial score (nSPS) is 13.1. The molecule has 1 aliphatic heterocycles. The Bertz CT molecular complexity index is 3880. The summed E-state index contributed by atoms with van der Waals surface area (Å²) in [6.45, 7) is 13.8. The first-order valence-corrected chi connectivity index (χ1v) is 23.2. The fraction of sp³-hybridized carbons (Fsp3) is 0.143. The maximum atomic E-state index is 7.24. The van der Waals surface area contributed by atoms with E-state index in [1.807, 2.05) is 22.7 Å². The third kappa shape index (κ3) is 5.17. The highest BCUT2D eigenvalue weighted by Gasteiger charge is 2.33. The summed E-state index contributed by atoms with van der Waals surface area (Å²) in [4.78, 5) is 0. The van der Waals surface area contributed by atoms with E-state index < -0.39 is 0 Å². The zero-order valence-electron chi connectivity index (χ0n) is 35.5. The van der Waals surface area contributed by atoms with Crippen molar-refractivity contribution in [3.05, 3.63) is 151 Å². The molecule has 13 rings (SSSR count). The van der Waals surface area contributed by atoms with E-state index >= 15 is 0 Å². The molecule has 0 spiro atoms. The van der Waals surface area contributed by atoms with E-state index in [2.05, 4.69) is 198 Å². The Kier molecular flexibility index (Phi) is 7.40. The molecule has 5 heterocycles. The molecule has 0 saturated heterocycles. The van der Waals surface area contributed by atoms with Crippen LogP contribution in [0.25, 0.3) is 101 Å². The molecular formula is C56H42BN2OS2. The Morgan fingerprint density at radius 2 is 1.18 bits per heavy atom. The third-order valence-corrected chi connectivity index (χ3v) is 15.6. The molecule has 8 aromatic carbocycles. The molecule has 1 radical (unpaired) electrons. The molecule has 0 amide bonds. The van der Waals surface area contributed by atoms with Crippen molar-refractivity contribution in [3.8, 4) is 16.8 Å². The van der Waals surface area contributed by atoms with Crippen molar-refractivity contribution >= 4 is 136 Å². The minimum absolute atomic E-state index is 0.0275. The second-order valence-electron chi connectivity index (χ2n) is 19.2. The Balaban J connectivity index is 1.20. The van der Waals surface area contributed by atoms with Gasteiger partial charge >= 0.3 is 0 Å². The number of nitrogens with zero attached hydrogens (tertiary/aromatic N) is 1. The smallest absolute Gasteiger partial charge is 0.198 e. The number of fused-ring (bicyclic) bond motifs is 15. The van der Waals surface area contributed by atoms with Crippen LogP contribution in [-0.2, 0) is 10.8 Å². The van der Waals surface area contributed by atoms with Crippen LogP contribution in [0, 0.1) is 0 Å². The largest absolute Gasteiger partial charge is 0.455 e. The number of benzene rings is 8. The first-order valence-electron chi connectivity index (χ1n) is 21.6. The van der Waals surface area contributed by atoms with Crippen molar-refractivity contribution in [1.82, 2.24) is 4.57 Å². The van der Waals surface area contributed by atoms with Gasteiger partial charge in [0.1, 0.15) is 11.2 Å². The zero-order valence-corrected chi connectivity index (χ0v) is 37.2. The Morgan fingerprint density at radius 1 is 0.548 bits per heavy atom. The van der Waals surface area contributed by atoms with Crippen LogP contribution in [0.2, 0.25) is 0 Å². The lowest BCUT2D eigenvalue weighted by Crippen LogP contribution is -2.37. The molecule has 4 aromatic heterocycles. The summed E-state index contributed by atoms with van der Waals surface area (Å²) in [5.74, 6) is 0. The van der Waals surface area contributed by atoms with Gasteiger partial charge < -0.3 is 14.3 Å². The van der Waals surface area contributed by atoms with Crippen molar-refractivity contribution in [2.24, 2.45) is 0 Å². The summed E-state index contributed by atoms with van der Waals surface area (Å²) >= 11 is 3.74. The van der Waals surface area contributed by atoms with Crippen molar-refractivity contribution in [3.63, 3.8) is 0 Å². The van der Waals surface area contributed by atoms with Crippen LogP contribution in [0.15, 0.2) is 144 Å². The molecular weight excluding hydrogens is 792 g/mol. The van der Waals surface area contributed by atoms with Gasteiger partial charge in [-0.05, 0) is 94.1 Å². The van der Waals surface area contributed by atoms with Crippen molar-refractivity contribution in [2.75, 3.05) is 5.32 Å². The highest BCUT2D eigenvalue weighted by atomic mass is 32.1. The molecule has 12 aromatic rings. The first-order chi connectivity index (χ1) is 30.0. The predicted molar refractivity (Wildman–Crippen MR) is 271 cm³/mol. The van der Waals surface area contributed by atoms with Crippen LogP contribution in [0.5, 0.6) is 0 Å². The molecule has 0 unspecified atom stereocenters. The van der Waals surface area contributed by atoms with E-state index in [0.29, 0.717) is 0 Å². The number of thiophene rings is 2. The number of aromatic nitrogens is 1. The SMILES string of the molecule is CC(C)(C)c1ccc(Nc2cc3c(cc2-c2c4c5c(c6cc(C(C)(C)C)ccc6n5-c5cc6c(cc5[B]4)sc4ccccc46)c4c2oc2ccccc24)sc2ccccc23)cc1. The summed E-state index contributed by atoms with van der Waals surface area (Å²) in [5.41, 5.74) is 14.9. The second-order valence-corrected chi connectivity index (χ2v) is 21.4. The lowest BCUT2D eigenvalue weighted by atomic mass is 9.58. The fourth-order valence-electron chi connectivity index (χ4n) is 10.2. The first kappa shape index (κ1) is 36.3. The van der Waals surface area contributed by atoms with Gasteiger partial charge in [0.2, 0.25) is 0 Å². The van der Waals surface area contributed by atoms with Crippen molar-refractivity contribution in [2.45, 2.75) is 52.4 Å². The summed E-state index contributed by atoms with van der Waals surface area (Å²) in [6, 6.07) is 52.1. The average Bonchev–Trinajstić information content (AvgIpc) is 4.01. The maximum Gasteiger partial charge on any atom is 0.198 e. The van der Waals surface area contributed by atoms with Gasteiger partial charge in [-0.25, -0.2) is 0 Å². The van der Waals surface area contributed by atoms with Gasteiger partial charge in [0, 0.05) is 95.6 Å². The number of para-hydroxylation sites is 1. The molecule has 3 nitrogen and oxygen atoms in total. The van der Waals surface area contributed by atoms with Gasteiger partial charge in [0.15, 0.2) is 7.28 Å². The van der Waals surface area contributed by atoms with Gasteiger partial charge in [0.05, 0.1) is 5.52 Å². The predicted octanol–water partition coefficient (Wildman–Crippen LogP) is 15.4. The lowest BCUT2D eigenvalue weighted by Gasteiger charge is -2.25. The number of furan rings is 1. The average molecular weight is 834 g/mol. The minimum Gasteiger partial charge on any atom is -0.455 e. The van der Waals surface area contributed by atoms with Gasteiger partial charge in [-0.15, -0.1) is 22.7 Å². The maximum absolute atomic E-state index is 7.24. The monoisotopic (exact) mass is 833 g/mol. The van der Waals surface area contributed by atoms with Gasteiger partial charge in [-0.2, -0.15) is 0 Å². The second kappa shape index (κ2) is 12.6. The van der Waals surface area contributed by atoms with Gasteiger partial charge in [0.25, 0.3) is 0 Å². The van der Waals surface area contributed by atoms with Crippen LogP contribution in [0.3, 0.4) is 0 Å². The van der Waals surface area contributed by atoms with Crippen molar-refractivity contribution < 1.29 is 4.42 Å². The third-order valence-electron chi connectivity index (χ3n) is 13.3. The molecule has 297 valence electrons. The number of rotatable bonds is 3. The topological polar surface area (TPSA) is 30.1 Å². The zero-order chi connectivity index (χ0) is 41.8. The Labute approximate surface area is 368 Å².